The highest BCUT2D eigenvalue weighted by molar-refractivity contribution is 7.86. The maximum atomic E-state index is 12.7. The van der Waals surface area contributed by atoms with Gasteiger partial charge in [0.15, 0.2) is 0 Å². The van der Waals surface area contributed by atoms with E-state index in [0.29, 0.717) is 0 Å². The van der Waals surface area contributed by atoms with Crippen molar-refractivity contribution in [2.24, 2.45) is 5.92 Å². The highest BCUT2D eigenvalue weighted by atomic mass is 32.3. The maximum Gasteiger partial charge on any atom is 0.302 e. The summed E-state index contributed by atoms with van der Waals surface area (Å²) in [4.78, 5) is 12.3. The van der Waals surface area contributed by atoms with Crippen LogP contribution in [0.1, 0.15) is 6.42 Å². The third-order valence-corrected chi connectivity index (χ3v) is 4.89. The fourth-order valence-electron chi connectivity index (χ4n) is 2.29. The Bertz CT molecular complexity index is 819. The highest BCUT2D eigenvalue weighted by Gasteiger charge is 2.35. The second kappa shape index (κ2) is 5.48. The number of carbonyl (C=O) groups excluding carboxylic acids is 1. The second-order valence-corrected chi connectivity index (χ2v) is 7.74. The minimum absolute atomic E-state index is 0.190. The topological polar surface area (TPSA) is 129 Å². The molecule has 1 aliphatic rings. The molecule has 0 saturated carbocycles. The molecule has 1 aromatic rings. The molecule has 1 atom stereocenters. The first-order chi connectivity index (χ1) is 9.97. The molecule has 122 valence electrons. The van der Waals surface area contributed by atoms with E-state index in [2.05, 4.69) is 0 Å². The van der Waals surface area contributed by atoms with Gasteiger partial charge in [-0.1, -0.05) is 0 Å². The SMILES string of the molecule is O=C1CC(CS(=O)(=O)F)CN1c1cc(S(=O)(=O)O)ccc1O. The summed E-state index contributed by atoms with van der Waals surface area (Å²) in [5.74, 6) is -2.66. The lowest BCUT2D eigenvalue weighted by atomic mass is 10.1. The number of carbonyl (C=O) groups is 1. The summed E-state index contributed by atoms with van der Waals surface area (Å²) in [5, 5.41) is 9.74. The molecule has 1 saturated heterocycles. The van der Waals surface area contributed by atoms with Gasteiger partial charge in [0.05, 0.1) is 16.3 Å². The number of nitrogens with zero attached hydrogens (tertiary/aromatic N) is 1. The van der Waals surface area contributed by atoms with Crippen LogP contribution in [-0.4, -0.2) is 44.7 Å². The minimum atomic E-state index is -4.76. The van der Waals surface area contributed by atoms with Crippen LogP contribution in [0.5, 0.6) is 5.75 Å². The number of aromatic hydroxyl groups is 1. The Morgan fingerprint density at radius 3 is 2.45 bits per heavy atom. The molecule has 22 heavy (non-hydrogen) atoms. The lowest BCUT2D eigenvalue weighted by molar-refractivity contribution is -0.117. The van der Waals surface area contributed by atoms with Gasteiger partial charge < -0.3 is 10.0 Å². The first-order valence-corrected chi connectivity index (χ1v) is 9.00. The average molecular weight is 353 g/mol. The van der Waals surface area contributed by atoms with Crippen molar-refractivity contribution in [3.63, 3.8) is 0 Å². The molecule has 0 radical (unpaired) electrons. The van der Waals surface area contributed by atoms with Crippen molar-refractivity contribution < 1.29 is 35.2 Å². The number of benzene rings is 1. The standard InChI is InChI=1S/C11H12FNO7S2/c12-21(16,17)6-7-3-11(15)13(5-7)9-4-8(22(18,19)20)1-2-10(9)14/h1-2,4,7,14H,3,5-6H2,(H,18,19,20). The zero-order valence-corrected chi connectivity index (χ0v) is 12.6. The Kier molecular flexibility index (Phi) is 4.15. The molecule has 2 rings (SSSR count). The van der Waals surface area contributed by atoms with E-state index >= 15 is 0 Å². The van der Waals surface area contributed by atoms with E-state index < -0.39 is 48.6 Å². The minimum Gasteiger partial charge on any atom is -0.506 e. The Morgan fingerprint density at radius 1 is 1.27 bits per heavy atom. The van der Waals surface area contributed by atoms with Crippen molar-refractivity contribution in [3.05, 3.63) is 18.2 Å². The summed E-state index contributed by atoms with van der Waals surface area (Å²) in [5.41, 5.74) is -0.195. The van der Waals surface area contributed by atoms with Gasteiger partial charge in [-0.2, -0.15) is 16.8 Å². The molecule has 0 aliphatic carbocycles. The van der Waals surface area contributed by atoms with Crippen molar-refractivity contribution >= 4 is 31.9 Å². The summed E-state index contributed by atoms with van der Waals surface area (Å²) < 4.78 is 65.1. The van der Waals surface area contributed by atoms with Crippen LogP contribution in [0.4, 0.5) is 9.57 Å². The van der Waals surface area contributed by atoms with Crippen LogP contribution < -0.4 is 4.90 Å². The van der Waals surface area contributed by atoms with Gasteiger partial charge in [0.2, 0.25) is 5.91 Å². The fraction of sp³-hybridized carbons (Fsp3) is 0.364. The van der Waals surface area contributed by atoms with Crippen molar-refractivity contribution in [1.82, 2.24) is 0 Å². The lowest BCUT2D eigenvalue weighted by Crippen LogP contribution is -2.25. The van der Waals surface area contributed by atoms with Gasteiger partial charge in [-0.15, -0.1) is 3.89 Å². The first kappa shape index (κ1) is 16.6. The summed E-state index contributed by atoms with van der Waals surface area (Å²) in [6, 6.07) is 2.80. The number of hydrogen-bond donors (Lipinski definition) is 2. The summed E-state index contributed by atoms with van der Waals surface area (Å²) in [6.45, 7) is -0.190. The molecule has 1 heterocycles. The van der Waals surface area contributed by atoms with Gasteiger partial charge in [-0.3, -0.25) is 9.35 Å². The van der Waals surface area contributed by atoms with E-state index in [1.807, 2.05) is 0 Å². The van der Waals surface area contributed by atoms with Crippen LogP contribution >= 0.6 is 0 Å². The van der Waals surface area contributed by atoms with Gasteiger partial charge in [-0.05, 0) is 18.2 Å². The van der Waals surface area contributed by atoms with Crippen LogP contribution in [-0.2, 0) is 25.1 Å². The van der Waals surface area contributed by atoms with Gasteiger partial charge in [0.25, 0.3) is 10.1 Å². The largest absolute Gasteiger partial charge is 0.506 e. The van der Waals surface area contributed by atoms with Crippen LogP contribution in [0.15, 0.2) is 23.1 Å². The van der Waals surface area contributed by atoms with E-state index in [1.54, 1.807) is 0 Å². The smallest absolute Gasteiger partial charge is 0.302 e. The lowest BCUT2D eigenvalue weighted by Gasteiger charge is -2.18. The fourth-order valence-corrected chi connectivity index (χ4v) is 3.57. The molecular weight excluding hydrogens is 341 g/mol. The Balaban J connectivity index is 2.34. The molecule has 1 aromatic carbocycles. The van der Waals surface area contributed by atoms with Crippen molar-refractivity contribution in [3.8, 4) is 5.75 Å². The van der Waals surface area contributed by atoms with E-state index in [4.69, 9.17) is 4.55 Å². The van der Waals surface area contributed by atoms with Gasteiger partial charge in [0, 0.05) is 18.9 Å². The molecule has 1 aliphatic heterocycles. The molecule has 1 amide bonds. The molecule has 1 unspecified atom stereocenters. The van der Waals surface area contributed by atoms with E-state index in [-0.39, 0.29) is 18.7 Å². The zero-order valence-electron chi connectivity index (χ0n) is 11.0. The normalized spacial score (nSPS) is 19.6. The van der Waals surface area contributed by atoms with Crippen molar-refractivity contribution in [2.75, 3.05) is 17.2 Å². The number of phenols is 1. The summed E-state index contributed by atoms with van der Waals surface area (Å²) >= 11 is 0. The summed E-state index contributed by atoms with van der Waals surface area (Å²) in [6.07, 6.45) is -0.251. The van der Waals surface area contributed by atoms with Gasteiger partial charge in [-0.25, -0.2) is 0 Å². The molecule has 0 bridgehead atoms. The predicted octanol–water partition coefficient (Wildman–Crippen LogP) is 0.291. The van der Waals surface area contributed by atoms with Crippen molar-refractivity contribution in [2.45, 2.75) is 11.3 Å². The molecule has 0 aromatic heterocycles. The third kappa shape index (κ3) is 3.72. The van der Waals surface area contributed by atoms with E-state index in [0.717, 1.165) is 23.1 Å². The number of anilines is 1. The number of phenolic OH excluding ortho intramolecular Hbond substituents is 1. The molecule has 8 nitrogen and oxygen atoms in total. The zero-order chi connectivity index (χ0) is 16.7. The van der Waals surface area contributed by atoms with Crippen LogP contribution in [0.3, 0.4) is 0 Å². The van der Waals surface area contributed by atoms with Crippen LogP contribution in [0.25, 0.3) is 0 Å². The molecule has 11 heteroatoms. The molecular formula is C11H12FNO7S2. The average Bonchev–Trinajstić information content (AvgIpc) is 2.66. The highest BCUT2D eigenvalue weighted by Crippen LogP contribution is 2.34. The number of halogens is 1. The van der Waals surface area contributed by atoms with Gasteiger partial charge in [0.1, 0.15) is 5.75 Å². The Hall–Kier alpha value is -1.72. The monoisotopic (exact) mass is 353 g/mol. The van der Waals surface area contributed by atoms with Gasteiger partial charge >= 0.3 is 10.2 Å². The number of hydrogen-bond acceptors (Lipinski definition) is 6. The van der Waals surface area contributed by atoms with E-state index in [9.17, 15) is 30.6 Å². The number of amides is 1. The van der Waals surface area contributed by atoms with Crippen LogP contribution in [0, 0.1) is 5.92 Å². The Labute approximate surface area is 126 Å². The first-order valence-electron chi connectivity index (χ1n) is 6.00. The van der Waals surface area contributed by atoms with Crippen LogP contribution in [0.2, 0.25) is 0 Å². The number of rotatable bonds is 4. The predicted molar refractivity (Wildman–Crippen MR) is 73.3 cm³/mol. The second-order valence-electron chi connectivity index (χ2n) is 4.91. The molecule has 2 N–H and O–H groups in total. The Morgan fingerprint density at radius 2 is 1.91 bits per heavy atom. The maximum absolute atomic E-state index is 12.7. The molecule has 1 fully saturated rings. The quantitative estimate of drug-likeness (QED) is 0.588. The van der Waals surface area contributed by atoms with E-state index in [1.165, 1.54) is 0 Å². The van der Waals surface area contributed by atoms with Crippen molar-refractivity contribution in [1.29, 1.82) is 0 Å². The third-order valence-electron chi connectivity index (χ3n) is 3.18. The summed E-state index contributed by atoms with van der Waals surface area (Å²) in [7, 11) is -9.29. The molecule has 0 spiro atoms.